The normalized spacial score (nSPS) is 10.8. The summed E-state index contributed by atoms with van der Waals surface area (Å²) in [6, 6.07) is 21.2. The molecule has 8 heteroatoms. The Kier molecular flexibility index (Phi) is 6.64. The van der Waals surface area contributed by atoms with Crippen molar-refractivity contribution in [1.29, 1.82) is 0 Å². The van der Waals surface area contributed by atoms with E-state index in [1.807, 2.05) is 37.3 Å². The number of carbonyl (C=O) groups excluding carboxylic acids is 2. The smallest absolute Gasteiger partial charge is 0.274 e. The van der Waals surface area contributed by atoms with Crippen LogP contribution in [0.4, 0.5) is 11.4 Å². The zero-order chi connectivity index (χ0) is 25.1. The summed E-state index contributed by atoms with van der Waals surface area (Å²) in [5.74, 6) is -0.526. The van der Waals surface area contributed by atoms with Crippen LogP contribution in [-0.4, -0.2) is 33.7 Å². The largest absolute Gasteiger partial charge is 0.357 e. The number of hydrogen-bond donors (Lipinski definition) is 1. The third-order valence-electron chi connectivity index (χ3n) is 6.11. The van der Waals surface area contributed by atoms with E-state index >= 15 is 0 Å². The molecule has 0 unspecified atom stereocenters. The number of nitrogens with zero attached hydrogens (tertiary/aromatic N) is 3. The second-order valence-electron chi connectivity index (χ2n) is 8.48. The van der Waals surface area contributed by atoms with E-state index < -0.39 is 4.92 Å². The average molecular weight is 471 g/mol. The minimum atomic E-state index is -0.496. The first kappa shape index (κ1) is 23.7. The molecule has 0 bridgehead atoms. The highest BCUT2D eigenvalue weighted by atomic mass is 16.6. The van der Waals surface area contributed by atoms with E-state index in [4.69, 9.17) is 0 Å². The number of anilines is 1. The summed E-state index contributed by atoms with van der Waals surface area (Å²) in [6.07, 6.45) is 0. The lowest BCUT2D eigenvalue weighted by atomic mass is 10.1. The molecular weight excluding hydrogens is 444 g/mol. The minimum absolute atomic E-state index is 0.0262. The van der Waals surface area contributed by atoms with Crippen LogP contribution in [0.25, 0.3) is 10.9 Å². The van der Waals surface area contributed by atoms with Crippen molar-refractivity contribution < 1.29 is 14.5 Å². The molecule has 4 rings (SSSR count). The van der Waals surface area contributed by atoms with Gasteiger partial charge in [-0.3, -0.25) is 19.7 Å². The van der Waals surface area contributed by atoms with Crippen molar-refractivity contribution in [2.45, 2.75) is 26.9 Å². The van der Waals surface area contributed by atoms with Crippen molar-refractivity contribution in [2.24, 2.45) is 0 Å². The molecule has 0 fully saturated rings. The van der Waals surface area contributed by atoms with Crippen LogP contribution < -0.4 is 4.90 Å². The summed E-state index contributed by atoms with van der Waals surface area (Å²) in [5.41, 5.74) is 4.09. The topological polar surface area (TPSA) is 99.6 Å². The summed E-state index contributed by atoms with van der Waals surface area (Å²) in [5, 5.41) is 12.8. The number of aromatic amines is 1. The molecule has 0 spiro atoms. The molecule has 0 atom stereocenters. The highest BCUT2D eigenvalue weighted by Crippen LogP contribution is 2.26. The van der Waals surface area contributed by atoms with Crippen LogP contribution >= 0.6 is 0 Å². The molecule has 0 aliphatic heterocycles. The maximum Gasteiger partial charge on any atom is 0.274 e. The second kappa shape index (κ2) is 9.80. The average Bonchev–Trinajstić information content (AvgIpc) is 3.17. The fourth-order valence-corrected chi connectivity index (χ4v) is 4.21. The van der Waals surface area contributed by atoms with E-state index in [-0.39, 0.29) is 29.6 Å². The number of amides is 2. The Morgan fingerprint density at radius 2 is 1.66 bits per heavy atom. The summed E-state index contributed by atoms with van der Waals surface area (Å²) < 4.78 is 0. The quantitative estimate of drug-likeness (QED) is 0.296. The first-order chi connectivity index (χ1) is 16.8. The number of aromatic nitrogens is 1. The van der Waals surface area contributed by atoms with E-state index in [9.17, 15) is 19.7 Å². The zero-order valence-electron chi connectivity index (χ0n) is 19.8. The van der Waals surface area contributed by atoms with Crippen molar-refractivity contribution in [3.63, 3.8) is 0 Å². The summed E-state index contributed by atoms with van der Waals surface area (Å²) in [6.45, 7) is 3.75. The lowest BCUT2D eigenvalue weighted by molar-refractivity contribution is -0.385. The zero-order valence-corrected chi connectivity index (χ0v) is 19.8. The Morgan fingerprint density at radius 3 is 2.31 bits per heavy atom. The molecule has 0 radical (unpaired) electrons. The first-order valence-corrected chi connectivity index (χ1v) is 11.2. The van der Waals surface area contributed by atoms with Gasteiger partial charge >= 0.3 is 0 Å². The summed E-state index contributed by atoms with van der Waals surface area (Å²) >= 11 is 0. The van der Waals surface area contributed by atoms with Gasteiger partial charge in [-0.15, -0.1) is 0 Å². The molecule has 8 nitrogen and oxygen atoms in total. The Balaban J connectivity index is 1.62. The van der Waals surface area contributed by atoms with Gasteiger partial charge in [-0.1, -0.05) is 36.4 Å². The van der Waals surface area contributed by atoms with E-state index in [2.05, 4.69) is 4.98 Å². The summed E-state index contributed by atoms with van der Waals surface area (Å²) in [7, 11) is 1.69. The number of rotatable bonds is 7. The fourth-order valence-electron chi connectivity index (χ4n) is 4.21. The predicted octanol–water partition coefficient (Wildman–Crippen LogP) is 5.21. The third-order valence-corrected chi connectivity index (χ3v) is 6.11. The van der Waals surface area contributed by atoms with Crippen LogP contribution in [0.15, 0.2) is 72.8 Å². The molecule has 1 heterocycles. The SMILES string of the molecule is CC(=O)N(Cc1cc(C(=O)N(C)Cc2[nH]c3ccccc3c2C)ccc1[N+](=O)[O-])c1ccccc1. The molecule has 35 heavy (non-hydrogen) atoms. The number of nitro groups is 1. The van der Waals surface area contributed by atoms with Gasteiger partial charge in [-0.05, 0) is 42.8 Å². The van der Waals surface area contributed by atoms with Gasteiger partial charge in [0.05, 0.1) is 23.6 Å². The van der Waals surface area contributed by atoms with E-state index in [1.165, 1.54) is 30.0 Å². The molecule has 1 N–H and O–H groups in total. The molecule has 0 aliphatic rings. The molecular formula is C27H26N4O4. The first-order valence-electron chi connectivity index (χ1n) is 11.2. The standard InChI is InChI=1S/C27H26N4O4/c1-18-23-11-7-8-12-24(23)28-25(18)17-29(3)27(33)20-13-14-26(31(34)35)21(15-20)16-30(19(2)32)22-9-5-4-6-10-22/h4-15,28H,16-17H2,1-3H3. The maximum atomic E-state index is 13.3. The Bertz CT molecular complexity index is 1410. The van der Waals surface area contributed by atoms with Crippen molar-refractivity contribution in [1.82, 2.24) is 9.88 Å². The molecule has 1 aromatic heterocycles. The monoisotopic (exact) mass is 470 g/mol. The van der Waals surface area contributed by atoms with Gasteiger partial charge in [0.25, 0.3) is 11.6 Å². The lowest BCUT2D eigenvalue weighted by Gasteiger charge is -2.22. The molecule has 178 valence electrons. The van der Waals surface area contributed by atoms with Gasteiger partial charge in [0.2, 0.25) is 5.91 Å². The van der Waals surface area contributed by atoms with Crippen LogP contribution in [0, 0.1) is 17.0 Å². The van der Waals surface area contributed by atoms with Crippen LogP contribution in [0.2, 0.25) is 0 Å². The number of H-pyrrole nitrogens is 1. The molecule has 0 aliphatic carbocycles. The maximum absolute atomic E-state index is 13.3. The van der Waals surface area contributed by atoms with Crippen LogP contribution in [0.1, 0.15) is 34.1 Å². The van der Waals surface area contributed by atoms with Crippen LogP contribution in [0.3, 0.4) is 0 Å². The van der Waals surface area contributed by atoms with E-state index in [1.54, 1.807) is 36.2 Å². The Morgan fingerprint density at radius 1 is 0.971 bits per heavy atom. The number of para-hydroxylation sites is 2. The predicted molar refractivity (Wildman–Crippen MR) is 135 cm³/mol. The van der Waals surface area contributed by atoms with Gasteiger partial charge in [-0.25, -0.2) is 0 Å². The Labute approximate surface area is 202 Å². The molecule has 2 amide bonds. The van der Waals surface area contributed by atoms with Gasteiger partial charge < -0.3 is 14.8 Å². The second-order valence-corrected chi connectivity index (χ2v) is 8.48. The Hall–Kier alpha value is -4.46. The fraction of sp³-hybridized carbons (Fsp3) is 0.185. The van der Waals surface area contributed by atoms with Gasteiger partial charge in [0.15, 0.2) is 0 Å². The number of aryl methyl sites for hydroxylation is 1. The van der Waals surface area contributed by atoms with Crippen molar-refractivity contribution >= 4 is 34.1 Å². The number of benzene rings is 3. The van der Waals surface area contributed by atoms with Crippen LogP contribution in [-0.2, 0) is 17.9 Å². The van der Waals surface area contributed by atoms with Gasteiger partial charge in [0.1, 0.15) is 0 Å². The van der Waals surface area contributed by atoms with Crippen molar-refractivity contribution in [3.8, 4) is 0 Å². The summed E-state index contributed by atoms with van der Waals surface area (Å²) in [4.78, 5) is 43.2. The van der Waals surface area contributed by atoms with Crippen molar-refractivity contribution in [2.75, 3.05) is 11.9 Å². The van der Waals surface area contributed by atoms with Crippen molar-refractivity contribution in [3.05, 3.63) is 105 Å². The van der Waals surface area contributed by atoms with Crippen LogP contribution in [0.5, 0.6) is 0 Å². The highest BCUT2D eigenvalue weighted by molar-refractivity contribution is 5.95. The number of carbonyl (C=O) groups is 2. The number of nitrogens with one attached hydrogen (secondary N) is 1. The number of fused-ring (bicyclic) bond motifs is 1. The molecule has 0 saturated heterocycles. The molecule has 4 aromatic rings. The molecule has 0 saturated carbocycles. The van der Waals surface area contributed by atoms with Gasteiger partial charge in [-0.2, -0.15) is 0 Å². The van der Waals surface area contributed by atoms with E-state index in [0.717, 1.165) is 22.2 Å². The minimum Gasteiger partial charge on any atom is -0.357 e. The third kappa shape index (κ3) is 4.91. The van der Waals surface area contributed by atoms with E-state index in [0.29, 0.717) is 17.8 Å². The number of nitro benzene ring substituents is 1. The highest BCUT2D eigenvalue weighted by Gasteiger charge is 2.23. The van der Waals surface area contributed by atoms with Gasteiger partial charge in [0, 0.05) is 47.9 Å². The lowest BCUT2D eigenvalue weighted by Crippen LogP contribution is -2.29. The molecule has 3 aromatic carbocycles. The number of hydrogen-bond acceptors (Lipinski definition) is 4.